The van der Waals surface area contributed by atoms with Crippen molar-refractivity contribution in [1.82, 2.24) is 0 Å². The fourth-order valence-corrected chi connectivity index (χ4v) is 1.18. The lowest BCUT2D eigenvalue weighted by Gasteiger charge is -2.13. The Kier molecular flexibility index (Phi) is 5.17. The molecule has 0 aromatic heterocycles. The third-order valence-electron chi connectivity index (χ3n) is 1.99. The largest absolute Gasteiger partial charge is 0.489 e. The van der Waals surface area contributed by atoms with Crippen LogP contribution in [0.1, 0.15) is 5.56 Å². The molecule has 1 aromatic rings. The van der Waals surface area contributed by atoms with Gasteiger partial charge in [-0.25, -0.2) is 0 Å². The van der Waals surface area contributed by atoms with Crippen molar-refractivity contribution in [1.29, 1.82) is 0 Å². The number of ether oxygens (including phenoxy) is 2. The van der Waals surface area contributed by atoms with Crippen LogP contribution in [-0.4, -0.2) is 35.9 Å². The Hall–Kier alpha value is -1.34. The second-order valence-electron chi connectivity index (χ2n) is 3.68. The maximum absolute atomic E-state index is 8.92. The van der Waals surface area contributed by atoms with E-state index >= 15 is 0 Å². The highest BCUT2D eigenvalue weighted by molar-refractivity contribution is 5.39. The van der Waals surface area contributed by atoms with Crippen molar-refractivity contribution in [2.45, 2.75) is 19.4 Å². The Bertz CT molecular complexity index is 355. The second kappa shape index (κ2) is 6.41. The van der Waals surface area contributed by atoms with Crippen LogP contribution in [0.25, 0.3) is 0 Å². The molecule has 0 saturated heterocycles. The number of aliphatic hydroxyl groups is 2. The van der Waals surface area contributed by atoms with Crippen LogP contribution in [0.5, 0.6) is 11.5 Å². The highest BCUT2D eigenvalue weighted by atomic mass is 16.5. The molecule has 0 aliphatic heterocycles. The summed E-state index contributed by atoms with van der Waals surface area (Å²) in [6.45, 7) is 1.87. The summed E-state index contributed by atoms with van der Waals surface area (Å²) in [4.78, 5) is 0. The molecular formula is C11H18N2O4. The quantitative estimate of drug-likeness (QED) is 0.491. The lowest BCUT2D eigenvalue weighted by atomic mass is 10.2. The minimum atomic E-state index is -1.02. The number of hydrogen-bond acceptors (Lipinski definition) is 6. The maximum atomic E-state index is 8.92. The van der Waals surface area contributed by atoms with Crippen molar-refractivity contribution < 1.29 is 19.7 Å². The molecule has 0 heterocycles. The van der Waals surface area contributed by atoms with Gasteiger partial charge >= 0.3 is 0 Å². The number of aryl methyl sites for hydroxylation is 1. The highest BCUT2D eigenvalue weighted by Crippen LogP contribution is 2.24. The smallest absolute Gasteiger partial charge is 0.136 e. The maximum Gasteiger partial charge on any atom is 0.136 e. The van der Waals surface area contributed by atoms with Crippen LogP contribution in [-0.2, 0) is 0 Å². The predicted molar refractivity (Wildman–Crippen MR) is 62.6 cm³/mol. The molecule has 2 unspecified atom stereocenters. The standard InChI is InChI=1S/C11H18N2O4/c1-7-2-3-8(16-5-10(12)14)4-9(7)17-6-11(13)15/h2-4,10-11,14-15H,5-6,12-13H2,1H3. The summed E-state index contributed by atoms with van der Waals surface area (Å²) in [5.41, 5.74) is 11.2. The SMILES string of the molecule is Cc1ccc(OCC(N)O)cc1OCC(N)O. The van der Waals surface area contributed by atoms with Gasteiger partial charge < -0.3 is 31.2 Å². The Morgan fingerprint density at radius 1 is 1.12 bits per heavy atom. The molecule has 0 aliphatic carbocycles. The molecule has 0 amide bonds. The van der Waals surface area contributed by atoms with E-state index in [0.29, 0.717) is 11.5 Å². The zero-order valence-corrected chi connectivity index (χ0v) is 9.67. The van der Waals surface area contributed by atoms with Crippen LogP contribution in [0.3, 0.4) is 0 Å². The monoisotopic (exact) mass is 242 g/mol. The van der Waals surface area contributed by atoms with Crippen LogP contribution in [0.4, 0.5) is 0 Å². The molecule has 0 saturated carbocycles. The van der Waals surface area contributed by atoms with Gasteiger partial charge in [-0.05, 0) is 18.6 Å². The van der Waals surface area contributed by atoms with Crippen LogP contribution in [0.2, 0.25) is 0 Å². The molecule has 0 radical (unpaired) electrons. The van der Waals surface area contributed by atoms with Crippen molar-refractivity contribution in [3.8, 4) is 11.5 Å². The molecule has 0 bridgehead atoms. The average molecular weight is 242 g/mol. The lowest BCUT2D eigenvalue weighted by molar-refractivity contribution is 0.109. The third kappa shape index (κ3) is 5.01. The number of aliphatic hydroxyl groups excluding tert-OH is 2. The molecule has 6 N–H and O–H groups in total. The summed E-state index contributed by atoms with van der Waals surface area (Å²) >= 11 is 0. The van der Waals surface area contributed by atoms with Gasteiger partial charge in [-0.3, -0.25) is 0 Å². The molecule has 0 aliphatic rings. The van der Waals surface area contributed by atoms with Gasteiger partial charge in [0, 0.05) is 6.07 Å². The Labute approximate surface area is 99.8 Å². The Morgan fingerprint density at radius 2 is 1.71 bits per heavy atom. The van der Waals surface area contributed by atoms with Gasteiger partial charge in [0.2, 0.25) is 0 Å². The van der Waals surface area contributed by atoms with E-state index in [9.17, 15) is 0 Å². The van der Waals surface area contributed by atoms with E-state index in [0.717, 1.165) is 5.56 Å². The highest BCUT2D eigenvalue weighted by Gasteiger charge is 2.05. The second-order valence-corrected chi connectivity index (χ2v) is 3.68. The molecule has 1 aromatic carbocycles. The van der Waals surface area contributed by atoms with Gasteiger partial charge in [-0.15, -0.1) is 0 Å². The van der Waals surface area contributed by atoms with E-state index in [-0.39, 0.29) is 13.2 Å². The predicted octanol–water partition coefficient (Wildman–Crippen LogP) is -0.693. The summed E-state index contributed by atoms with van der Waals surface area (Å²) in [7, 11) is 0. The third-order valence-corrected chi connectivity index (χ3v) is 1.99. The summed E-state index contributed by atoms with van der Waals surface area (Å²) in [5, 5.41) is 17.8. The van der Waals surface area contributed by atoms with Crippen molar-refractivity contribution in [2.24, 2.45) is 11.5 Å². The van der Waals surface area contributed by atoms with Crippen molar-refractivity contribution in [2.75, 3.05) is 13.2 Å². The van der Waals surface area contributed by atoms with Gasteiger partial charge in [0.15, 0.2) is 0 Å². The first-order valence-corrected chi connectivity index (χ1v) is 5.22. The zero-order valence-electron chi connectivity index (χ0n) is 9.67. The number of hydrogen-bond donors (Lipinski definition) is 4. The molecule has 17 heavy (non-hydrogen) atoms. The first kappa shape index (κ1) is 13.7. The van der Waals surface area contributed by atoms with Gasteiger partial charge in [-0.2, -0.15) is 0 Å². The van der Waals surface area contributed by atoms with E-state index in [1.54, 1.807) is 18.2 Å². The molecule has 2 atom stereocenters. The van der Waals surface area contributed by atoms with Crippen molar-refractivity contribution >= 4 is 0 Å². The van der Waals surface area contributed by atoms with Crippen LogP contribution in [0.15, 0.2) is 18.2 Å². The Balaban J connectivity index is 2.65. The van der Waals surface area contributed by atoms with Crippen LogP contribution >= 0.6 is 0 Å². The van der Waals surface area contributed by atoms with Crippen LogP contribution < -0.4 is 20.9 Å². The van der Waals surface area contributed by atoms with Gasteiger partial charge in [0.25, 0.3) is 0 Å². The van der Waals surface area contributed by atoms with Crippen molar-refractivity contribution in [3.05, 3.63) is 23.8 Å². The Morgan fingerprint density at radius 3 is 2.29 bits per heavy atom. The topological polar surface area (TPSA) is 111 Å². The van der Waals surface area contributed by atoms with Crippen molar-refractivity contribution in [3.63, 3.8) is 0 Å². The molecule has 1 rings (SSSR count). The van der Waals surface area contributed by atoms with E-state index < -0.39 is 12.5 Å². The van der Waals surface area contributed by atoms with E-state index in [1.807, 2.05) is 6.92 Å². The fourth-order valence-electron chi connectivity index (χ4n) is 1.18. The number of rotatable bonds is 6. The average Bonchev–Trinajstić information content (AvgIpc) is 2.26. The van der Waals surface area contributed by atoms with Gasteiger partial charge in [-0.1, -0.05) is 6.07 Å². The van der Waals surface area contributed by atoms with E-state index in [2.05, 4.69) is 0 Å². The van der Waals surface area contributed by atoms with E-state index in [4.69, 9.17) is 31.2 Å². The summed E-state index contributed by atoms with van der Waals surface area (Å²) in [6.07, 6.45) is -2.05. The minimum absolute atomic E-state index is 0.00200. The molecule has 0 spiro atoms. The van der Waals surface area contributed by atoms with Gasteiger partial charge in [0.1, 0.15) is 37.2 Å². The normalized spacial score (nSPS) is 14.2. The van der Waals surface area contributed by atoms with Crippen LogP contribution in [0, 0.1) is 6.92 Å². The molecule has 0 fully saturated rings. The number of nitrogens with two attached hydrogens (primary N) is 2. The molecule has 6 heteroatoms. The summed E-state index contributed by atoms with van der Waals surface area (Å²) < 4.78 is 10.5. The summed E-state index contributed by atoms with van der Waals surface area (Å²) in [5.74, 6) is 1.10. The molecular weight excluding hydrogens is 224 g/mol. The first-order chi connectivity index (χ1) is 7.99. The minimum Gasteiger partial charge on any atom is -0.489 e. The molecule has 96 valence electrons. The molecule has 6 nitrogen and oxygen atoms in total. The fraction of sp³-hybridized carbons (Fsp3) is 0.455. The number of benzene rings is 1. The zero-order chi connectivity index (χ0) is 12.8. The lowest BCUT2D eigenvalue weighted by Crippen LogP contribution is -2.27. The summed E-state index contributed by atoms with van der Waals surface area (Å²) in [6, 6.07) is 5.19. The first-order valence-electron chi connectivity index (χ1n) is 5.22. The van der Waals surface area contributed by atoms with E-state index in [1.165, 1.54) is 0 Å². The van der Waals surface area contributed by atoms with Gasteiger partial charge in [0.05, 0.1) is 0 Å².